The summed E-state index contributed by atoms with van der Waals surface area (Å²) in [6.45, 7) is 4.99. The summed E-state index contributed by atoms with van der Waals surface area (Å²) in [5.74, 6) is 1.37. The lowest BCUT2D eigenvalue weighted by Crippen LogP contribution is -2.25. The number of nitrogens with zero attached hydrogens (tertiary/aromatic N) is 3. The summed E-state index contributed by atoms with van der Waals surface area (Å²) in [6.07, 6.45) is 5.35. The Hall–Kier alpha value is -2.01. The first-order chi connectivity index (χ1) is 9.70. The lowest BCUT2D eigenvalue weighted by atomic mass is 10.0. The number of nitrogens with two attached hydrogens (primary N) is 1. The molecule has 0 aliphatic carbocycles. The normalized spacial score (nSPS) is 12.3. The van der Waals surface area contributed by atoms with Crippen molar-refractivity contribution < 1.29 is 0 Å². The zero-order valence-electron chi connectivity index (χ0n) is 12.0. The molecule has 2 aromatic heterocycles. The van der Waals surface area contributed by atoms with Crippen LogP contribution in [0.15, 0.2) is 30.6 Å². The average molecular weight is 271 g/mol. The van der Waals surface area contributed by atoms with Gasteiger partial charge in [-0.3, -0.25) is 0 Å². The van der Waals surface area contributed by atoms with E-state index in [2.05, 4.69) is 27.2 Å². The molecule has 20 heavy (non-hydrogen) atoms. The predicted molar refractivity (Wildman–Crippen MR) is 80.2 cm³/mol. The molecule has 5 heteroatoms. The quantitative estimate of drug-likeness (QED) is 0.841. The Morgan fingerprint density at radius 3 is 2.80 bits per heavy atom. The molecule has 0 radical (unpaired) electrons. The summed E-state index contributed by atoms with van der Waals surface area (Å²) in [5.41, 5.74) is 7.97. The summed E-state index contributed by atoms with van der Waals surface area (Å²) in [4.78, 5) is 12.8. The van der Waals surface area contributed by atoms with Crippen molar-refractivity contribution in [1.29, 1.82) is 0 Å². The number of aryl methyl sites for hydroxylation is 1. The smallest absolute Gasteiger partial charge is 0.126 e. The van der Waals surface area contributed by atoms with Crippen LogP contribution in [0.4, 0.5) is 5.82 Å². The molecule has 5 nitrogen and oxygen atoms in total. The second kappa shape index (κ2) is 6.96. The molecule has 106 valence electrons. The van der Waals surface area contributed by atoms with Crippen molar-refractivity contribution in [3.05, 3.63) is 47.7 Å². The molecule has 2 rings (SSSR count). The van der Waals surface area contributed by atoms with E-state index in [1.165, 1.54) is 0 Å². The van der Waals surface area contributed by atoms with Gasteiger partial charge in [-0.2, -0.15) is 0 Å². The SMILES string of the molecule is CCCNC(Cc1cccnc1N)c1ccnc(C)n1. The standard InChI is InChI=1S/C15H21N5/c1-3-7-18-14(13-6-9-17-11(2)20-13)10-12-5-4-8-19-15(12)16/h4-6,8-9,14,18H,3,7,10H2,1-2H3,(H2,16,19). The van der Waals surface area contributed by atoms with E-state index in [1.807, 2.05) is 25.1 Å². The number of hydrogen-bond acceptors (Lipinski definition) is 5. The molecule has 2 heterocycles. The molecule has 3 N–H and O–H groups in total. The summed E-state index contributed by atoms with van der Waals surface area (Å²) >= 11 is 0. The third kappa shape index (κ3) is 3.74. The highest BCUT2D eigenvalue weighted by Crippen LogP contribution is 2.19. The van der Waals surface area contributed by atoms with E-state index in [9.17, 15) is 0 Å². The minimum atomic E-state index is 0.128. The first-order valence-corrected chi connectivity index (χ1v) is 6.93. The molecule has 0 saturated carbocycles. The number of nitrogens with one attached hydrogen (secondary N) is 1. The fraction of sp³-hybridized carbons (Fsp3) is 0.400. The highest BCUT2D eigenvalue weighted by molar-refractivity contribution is 5.39. The Bertz CT molecular complexity index is 555. The van der Waals surface area contributed by atoms with Crippen LogP contribution in [0, 0.1) is 6.92 Å². The van der Waals surface area contributed by atoms with Crippen LogP contribution in [0.25, 0.3) is 0 Å². The molecule has 0 aliphatic rings. The summed E-state index contributed by atoms with van der Waals surface area (Å²) in [5, 5.41) is 3.52. The second-order valence-corrected chi connectivity index (χ2v) is 4.79. The van der Waals surface area contributed by atoms with Crippen molar-refractivity contribution in [2.75, 3.05) is 12.3 Å². The van der Waals surface area contributed by atoms with E-state index < -0.39 is 0 Å². The molecule has 0 saturated heterocycles. The maximum Gasteiger partial charge on any atom is 0.126 e. The zero-order valence-corrected chi connectivity index (χ0v) is 12.0. The van der Waals surface area contributed by atoms with Crippen LogP contribution in [-0.2, 0) is 6.42 Å². The van der Waals surface area contributed by atoms with Gasteiger partial charge >= 0.3 is 0 Å². The van der Waals surface area contributed by atoms with Gasteiger partial charge in [0.05, 0.1) is 11.7 Å². The molecule has 0 fully saturated rings. The van der Waals surface area contributed by atoms with Gasteiger partial charge in [0.2, 0.25) is 0 Å². The zero-order chi connectivity index (χ0) is 14.4. The van der Waals surface area contributed by atoms with Gasteiger partial charge in [0.1, 0.15) is 11.6 Å². The molecule has 0 aromatic carbocycles. The van der Waals surface area contributed by atoms with Crippen molar-refractivity contribution in [3.63, 3.8) is 0 Å². The molecule has 0 bridgehead atoms. The summed E-state index contributed by atoms with van der Waals surface area (Å²) in [7, 11) is 0. The van der Waals surface area contributed by atoms with Crippen LogP contribution in [0.3, 0.4) is 0 Å². The van der Waals surface area contributed by atoms with Gasteiger partial charge in [-0.15, -0.1) is 0 Å². The lowest BCUT2D eigenvalue weighted by molar-refractivity contribution is 0.515. The topological polar surface area (TPSA) is 76.7 Å². The molecule has 0 aliphatic heterocycles. The maximum atomic E-state index is 5.93. The highest BCUT2D eigenvalue weighted by atomic mass is 15.0. The Kier molecular flexibility index (Phi) is 5.01. The molecular formula is C15H21N5. The van der Waals surface area contributed by atoms with E-state index in [1.54, 1.807) is 12.4 Å². The molecule has 0 amide bonds. The van der Waals surface area contributed by atoms with Crippen molar-refractivity contribution in [1.82, 2.24) is 20.3 Å². The molecule has 2 aromatic rings. The number of nitrogen functional groups attached to an aromatic ring is 1. The molecule has 1 atom stereocenters. The van der Waals surface area contributed by atoms with E-state index in [-0.39, 0.29) is 6.04 Å². The van der Waals surface area contributed by atoms with E-state index in [0.717, 1.165) is 36.5 Å². The Labute approximate surface area is 119 Å². The Morgan fingerprint density at radius 1 is 1.25 bits per heavy atom. The van der Waals surface area contributed by atoms with Crippen LogP contribution in [0.5, 0.6) is 0 Å². The van der Waals surface area contributed by atoms with Crippen molar-refractivity contribution in [2.24, 2.45) is 0 Å². The van der Waals surface area contributed by atoms with Gasteiger partial charge < -0.3 is 11.1 Å². The summed E-state index contributed by atoms with van der Waals surface area (Å²) < 4.78 is 0. The number of anilines is 1. The van der Waals surface area contributed by atoms with E-state index in [4.69, 9.17) is 5.73 Å². The first-order valence-electron chi connectivity index (χ1n) is 6.93. The van der Waals surface area contributed by atoms with Crippen LogP contribution in [0.1, 0.15) is 36.5 Å². The monoisotopic (exact) mass is 271 g/mol. The first kappa shape index (κ1) is 14.4. The second-order valence-electron chi connectivity index (χ2n) is 4.79. The van der Waals surface area contributed by atoms with Gasteiger partial charge in [-0.05, 0) is 44.0 Å². The van der Waals surface area contributed by atoms with E-state index >= 15 is 0 Å². The lowest BCUT2D eigenvalue weighted by Gasteiger charge is -2.19. The Balaban J connectivity index is 2.21. The van der Waals surface area contributed by atoms with Crippen LogP contribution >= 0.6 is 0 Å². The van der Waals surface area contributed by atoms with Gasteiger partial charge in [-0.1, -0.05) is 13.0 Å². The fourth-order valence-corrected chi connectivity index (χ4v) is 2.11. The third-order valence-electron chi connectivity index (χ3n) is 3.15. The number of hydrogen-bond donors (Lipinski definition) is 2. The van der Waals surface area contributed by atoms with Crippen LogP contribution in [0.2, 0.25) is 0 Å². The highest BCUT2D eigenvalue weighted by Gasteiger charge is 2.15. The minimum Gasteiger partial charge on any atom is -0.383 e. The molecule has 0 spiro atoms. The predicted octanol–water partition coefficient (Wildman–Crippen LogP) is 2.05. The van der Waals surface area contributed by atoms with Crippen LogP contribution in [-0.4, -0.2) is 21.5 Å². The summed E-state index contributed by atoms with van der Waals surface area (Å²) in [6, 6.07) is 6.00. The fourth-order valence-electron chi connectivity index (χ4n) is 2.11. The largest absolute Gasteiger partial charge is 0.383 e. The van der Waals surface area contributed by atoms with Crippen molar-refractivity contribution >= 4 is 5.82 Å². The molecular weight excluding hydrogens is 250 g/mol. The van der Waals surface area contributed by atoms with Gasteiger partial charge in [0, 0.05) is 12.4 Å². The number of pyridine rings is 1. The van der Waals surface area contributed by atoms with Gasteiger partial charge in [-0.25, -0.2) is 15.0 Å². The van der Waals surface area contributed by atoms with Crippen molar-refractivity contribution in [2.45, 2.75) is 32.7 Å². The van der Waals surface area contributed by atoms with Gasteiger partial charge in [0.15, 0.2) is 0 Å². The van der Waals surface area contributed by atoms with Crippen molar-refractivity contribution in [3.8, 4) is 0 Å². The Morgan fingerprint density at radius 2 is 2.10 bits per heavy atom. The number of aromatic nitrogens is 3. The third-order valence-corrected chi connectivity index (χ3v) is 3.15. The number of rotatable bonds is 6. The average Bonchev–Trinajstić information content (AvgIpc) is 2.45. The van der Waals surface area contributed by atoms with E-state index in [0.29, 0.717) is 5.82 Å². The maximum absolute atomic E-state index is 5.93. The van der Waals surface area contributed by atoms with Gasteiger partial charge in [0.25, 0.3) is 0 Å². The molecule has 1 unspecified atom stereocenters. The minimum absolute atomic E-state index is 0.128. The van der Waals surface area contributed by atoms with Crippen LogP contribution < -0.4 is 11.1 Å².